The molecule has 9 heteroatoms. The maximum Gasteiger partial charge on any atom is 0.187 e. The Morgan fingerprint density at radius 1 is 1.10 bits per heavy atom. The van der Waals surface area contributed by atoms with Gasteiger partial charge in [-0.2, -0.15) is 4.73 Å². The van der Waals surface area contributed by atoms with E-state index < -0.39 is 0 Å². The van der Waals surface area contributed by atoms with Crippen molar-refractivity contribution >= 4 is 35.0 Å². The summed E-state index contributed by atoms with van der Waals surface area (Å²) >= 11 is 14.0. The summed E-state index contributed by atoms with van der Waals surface area (Å²) in [6.45, 7) is 0. The molecule has 0 saturated carbocycles. The van der Waals surface area contributed by atoms with Crippen molar-refractivity contribution < 1.29 is 10.3 Å². The lowest BCUT2D eigenvalue weighted by Crippen LogP contribution is -1.99. The number of phenolic OH excluding ortho intramolecular Hbond substituents is 1. The topological polar surface area (TPSA) is 84.1 Å². The van der Waals surface area contributed by atoms with E-state index >= 15 is 0 Å². The molecule has 6 nitrogen and oxygen atoms in total. The van der Waals surface area contributed by atoms with E-state index in [-0.39, 0.29) is 27.2 Å². The van der Waals surface area contributed by atoms with Crippen LogP contribution in [0.4, 0.5) is 0 Å². The minimum Gasteiger partial charge on any atom is -0.508 e. The van der Waals surface area contributed by atoms with Gasteiger partial charge in [-0.3, -0.25) is 0 Å². The van der Waals surface area contributed by atoms with E-state index in [4.69, 9.17) is 29.6 Å². The number of imidazole rings is 1. The molecule has 4 aromatic rings. The average molecular weight is 469 g/mol. The zero-order chi connectivity index (χ0) is 22.1. The molecule has 2 aromatic heterocycles. The Morgan fingerprint density at radius 3 is 2.52 bits per heavy atom. The summed E-state index contributed by atoms with van der Waals surface area (Å²) < 4.78 is 0.899. The predicted molar refractivity (Wildman–Crippen MR) is 123 cm³/mol. The highest BCUT2D eigenvalue weighted by Gasteiger charge is 2.25. The van der Waals surface area contributed by atoms with Crippen LogP contribution in [0.1, 0.15) is 5.56 Å². The fourth-order valence-electron chi connectivity index (χ4n) is 3.11. The highest BCUT2D eigenvalue weighted by molar-refractivity contribution is 7.98. The number of aromatic nitrogens is 4. The molecule has 154 valence electrons. The van der Waals surface area contributed by atoms with Gasteiger partial charge in [0.2, 0.25) is 0 Å². The molecule has 0 aliphatic carbocycles. The van der Waals surface area contributed by atoms with Gasteiger partial charge >= 0.3 is 0 Å². The molecule has 0 bridgehead atoms. The second-order valence-corrected chi connectivity index (χ2v) is 7.97. The monoisotopic (exact) mass is 468 g/mol. The highest BCUT2D eigenvalue weighted by atomic mass is 35.5. The maximum absolute atomic E-state index is 11.2. The fraction of sp³-hybridized carbons (Fsp3) is 0.0455. The molecule has 2 aromatic carbocycles. The number of thioether (sulfide) groups is 1. The molecular weight excluding hydrogens is 455 g/mol. The normalized spacial score (nSPS) is 10.8. The first kappa shape index (κ1) is 21.1. The lowest BCUT2D eigenvalue weighted by molar-refractivity contribution is 0.195. The van der Waals surface area contributed by atoms with Crippen LogP contribution in [0.5, 0.6) is 5.75 Å². The van der Waals surface area contributed by atoms with E-state index in [0.29, 0.717) is 33.4 Å². The lowest BCUT2D eigenvalue weighted by atomic mass is 10.1. The summed E-state index contributed by atoms with van der Waals surface area (Å²) in [6.07, 6.45) is 9.04. The zero-order valence-electron chi connectivity index (χ0n) is 16.0. The SMILES string of the molecule is C#Cc1cccc(-c2c(-c3ccnc(SC)n3)nc(-c3c(Cl)cc(O)cc3Cl)n2O)c1. The summed E-state index contributed by atoms with van der Waals surface area (Å²) in [5, 5.41) is 21.7. The number of terminal acetylenes is 1. The third kappa shape index (κ3) is 3.93. The number of nitrogens with zero attached hydrogens (tertiary/aromatic N) is 4. The van der Waals surface area contributed by atoms with E-state index in [1.165, 1.54) is 23.9 Å². The average Bonchev–Trinajstić information content (AvgIpc) is 3.10. The standard InChI is InChI=1S/C22H14Cl2N4O2S/c1-3-12-5-4-6-13(9-12)20-19(17-7-8-25-22(26-17)31-2)27-21(28(20)30)18-15(23)10-14(29)11-16(18)24/h1,4-11,29-30H,2H3. The maximum atomic E-state index is 11.2. The Balaban J connectivity index is 2.04. The van der Waals surface area contributed by atoms with Gasteiger partial charge in [0.25, 0.3) is 0 Å². The molecule has 0 amide bonds. The van der Waals surface area contributed by atoms with Gasteiger partial charge in [0.1, 0.15) is 17.1 Å². The van der Waals surface area contributed by atoms with E-state index in [1.807, 2.05) is 6.26 Å². The van der Waals surface area contributed by atoms with Gasteiger partial charge in [0, 0.05) is 17.3 Å². The van der Waals surface area contributed by atoms with Gasteiger partial charge in [-0.1, -0.05) is 53.0 Å². The van der Waals surface area contributed by atoms with E-state index in [2.05, 4.69) is 20.9 Å². The first-order valence-corrected chi connectivity index (χ1v) is 10.9. The number of halogens is 2. The molecule has 0 unspecified atom stereocenters. The zero-order valence-corrected chi connectivity index (χ0v) is 18.4. The van der Waals surface area contributed by atoms with Gasteiger partial charge in [0.15, 0.2) is 11.0 Å². The Kier molecular flexibility index (Phi) is 5.79. The van der Waals surface area contributed by atoms with Crippen LogP contribution in [0, 0.1) is 12.3 Å². The van der Waals surface area contributed by atoms with Crippen molar-refractivity contribution in [1.29, 1.82) is 0 Å². The Bertz CT molecular complexity index is 1320. The number of aromatic hydroxyl groups is 1. The van der Waals surface area contributed by atoms with Crippen LogP contribution in [-0.4, -0.2) is 36.3 Å². The quantitative estimate of drug-likeness (QED) is 0.175. The number of benzene rings is 2. The highest BCUT2D eigenvalue weighted by Crippen LogP contribution is 2.41. The predicted octanol–water partition coefficient (Wildman–Crippen LogP) is 5.63. The first-order chi connectivity index (χ1) is 14.9. The molecule has 2 heterocycles. The number of rotatable bonds is 4. The molecule has 2 N–H and O–H groups in total. The van der Waals surface area contributed by atoms with Crippen molar-refractivity contribution in [3.05, 3.63) is 64.3 Å². The number of phenols is 1. The fourth-order valence-corrected chi connectivity index (χ4v) is 4.11. The van der Waals surface area contributed by atoms with Crippen LogP contribution in [0.3, 0.4) is 0 Å². The van der Waals surface area contributed by atoms with Crippen LogP contribution < -0.4 is 0 Å². The third-order valence-electron chi connectivity index (χ3n) is 4.47. The summed E-state index contributed by atoms with van der Waals surface area (Å²) in [5.41, 5.74) is 2.79. The summed E-state index contributed by atoms with van der Waals surface area (Å²) in [7, 11) is 0. The third-order valence-corrected chi connectivity index (χ3v) is 5.62. The van der Waals surface area contributed by atoms with Crippen molar-refractivity contribution in [1.82, 2.24) is 19.7 Å². The Labute approximate surface area is 192 Å². The molecule has 0 atom stereocenters. The molecular formula is C22H14Cl2N4O2S. The second kappa shape index (κ2) is 8.52. The molecule has 31 heavy (non-hydrogen) atoms. The lowest BCUT2D eigenvalue weighted by Gasteiger charge is -2.09. The van der Waals surface area contributed by atoms with Gasteiger partial charge in [-0.05, 0) is 36.6 Å². The van der Waals surface area contributed by atoms with E-state index in [0.717, 1.165) is 4.73 Å². The summed E-state index contributed by atoms with van der Waals surface area (Å²) in [6, 6.07) is 11.5. The van der Waals surface area contributed by atoms with Crippen LogP contribution in [0.25, 0.3) is 34.0 Å². The molecule has 0 fully saturated rings. The van der Waals surface area contributed by atoms with Crippen molar-refractivity contribution in [2.75, 3.05) is 6.26 Å². The van der Waals surface area contributed by atoms with Gasteiger partial charge in [0.05, 0.1) is 21.3 Å². The van der Waals surface area contributed by atoms with Crippen LogP contribution in [0.2, 0.25) is 10.0 Å². The molecule has 0 aliphatic heterocycles. The number of hydrogen-bond acceptors (Lipinski definition) is 6. The summed E-state index contributed by atoms with van der Waals surface area (Å²) in [5.74, 6) is 2.58. The Morgan fingerprint density at radius 2 is 1.84 bits per heavy atom. The first-order valence-electron chi connectivity index (χ1n) is 8.87. The molecule has 0 radical (unpaired) electrons. The number of hydrogen-bond donors (Lipinski definition) is 2. The summed E-state index contributed by atoms with van der Waals surface area (Å²) in [4.78, 5) is 13.3. The molecule has 0 aliphatic rings. The van der Waals surface area contributed by atoms with Crippen LogP contribution in [0.15, 0.2) is 53.8 Å². The van der Waals surface area contributed by atoms with Gasteiger partial charge in [-0.25, -0.2) is 15.0 Å². The van der Waals surface area contributed by atoms with E-state index in [1.54, 1.807) is 36.5 Å². The largest absolute Gasteiger partial charge is 0.508 e. The van der Waals surface area contributed by atoms with Crippen LogP contribution >= 0.6 is 35.0 Å². The molecule has 0 spiro atoms. The van der Waals surface area contributed by atoms with Crippen molar-refractivity contribution in [2.24, 2.45) is 0 Å². The van der Waals surface area contributed by atoms with Crippen molar-refractivity contribution in [3.63, 3.8) is 0 Å². The van der Waals surface area contributed by atoms with Crippen molar-refractivity contribution in [2.45, 2.75) is 5.16 Å². The van der Waals surface area contributed by atoms with E-state index in [9.17, 15) is 10.3 Å². The minimum atomic E-state index is -0.0997. The molecule has 4 rings (SSSR count). The smallest absolute Gasteiger partial charge is 0.187 e. The van der Waals surface area contributed by atoms with Crippen molar-refractivity contribution in [3.8, 4) is 52.1 Å². The van der Waals surface area contributed by atoms with Gasteiger partial charge in [-0.15, -0.1) is 6.42 Å². The minimum absolute atomic E-state index is 0.0930. The second-order valence-electron chi connectivity index (χ2n) is 6.38. The van der Waals surface area contributed by atoms with Gasteiger partial charge < -0.3 is 10.3 Å². The van der Waals surface area contributed by atoms with Crippen LogP contribution in [-0.2, 0) is 0 Å². The molecule has 0 saturated heterocycles. The Hall–Kier alpha value is -3.18.